The van der Waals surface area contributed by atoms with Gasteiger partial charge in [-0.25, -0.2) is 4.79 Å². The van der Waals surface area contributed by atoms with E-state index in [2.05, 4.69) is 15.5 Å². The molecule has 0 bridgehead atoms. The summed E-state index contributed by atoms with van der Waals surface area (Å²) in [4.78, 5) is 26.7. The number of rotatable bonds is 11. The topological polar surface area (TPSA) is 100 Å². The fraction of sp³-hybridized carbons (Fsp3) is 0.355. The molecular formula is C31H36ClN3O5. The number of nitrogens with zero attached hydrogens (tertiary/aromatic N) is 1. The molecule has 4 rings (SSSR count). The third-order valence-electron chi connectivity index (χ3n) is 6.69. The molecule has 3 N–H and O–H groups in total. The first-order valence-corrected chi connectivity index (χ1v) is 13.8. The summed E-state index contributed by atoms with van der Waals surface area (Å²) < 4.78 is 11.6. The van der Waals surface area contributed by atoms with Crippen molar-refractivity contribution in [3.63, 3.8) is 0 Å². The minimum Gasteiger partial charge on any atom is -0.488 e. The highest BCUT2D eigenvalue weighted by molar-refractivity contribution is 6.30. The summed E-state index contributed by atoms with van der Waals surface area (Å²) in [7, 11) is 0. The number of hydrogen-bond donors (Lipinski definition) is 3. The lowest BCUT2D eigenvalue weighted by Crippen LogP contribution is -2.51. The van der Waals surface area contributed by atoms with Gasteiger partial charge in [-0.15, -0.1) is 0 Å². The Labute approximate surface area is 240 Å². The van der Waals surface area contributed by atoms with Gasteiger partial charge in [-0.2, -0.15) is 0 Å². The standard InChI is InChI=1S/C31H36ClN3O5/c1-22(36)34-28-13-12-27(40-30(37)24-6-4-3-5-7-24)18-29(28)39-21-31(2,38)20-35(26-14-16-33-17-15-26)19-23-8-10-25(32)11-9-23/h3-13,18,26,33,38H,14-17,19-21H2,1-2H3,(H,34,36)/t31-/m0/s1. The number of carbonyl (C=O) groups excluding carboxylic acids is 2. The van der Waals surface area contributed by atoms with E-state index in [0.717, 1.165) is 31.5 Å². The number of piperidine rings is 1. The molecule has 0 unspecified atom stereocenters. The lowest BCUT2D eigenvalue weighted by molar-refractivity contribution is -0.114. The zero-order valence-electron chi connectivity index (χ0n) is 22.9. The van der Waals surface area contributed by atoms with Crippen molar-refractivity contribution < 1.29 is 24.2 Å². The van der Waals surface area contributed by atoms with Gasteiger partial charge in [0.05, 0.1) is 11.3 Å². The summed E-state index contributed by atoms with van der Waals surface area (Å²) in [5, 5.41) is 18.3. The van der Waals surface area contributed by atoms with Crippen LogP contribution in [0.4, 0.5) is 5.69 Å². The summed E-state index contributed by atoms with van der Waals surface area (Å²) in [6, 6.07) is 21.5. The van der Waals surface area contributed by atoms with Crippen LogP contribution in [0.1, 0.15) is 42.6 Å². The Bertz CT molecular complexity index is 1280. The van der Waals surface area contributed by atoms with Crippen molar-refractivity contribution in [1.82, 2.24) is 10.2 Å². The molecule has 0 aromatic heterocycles. The fourth-order valence-electron chi connectivity index (χ4n) is 4.75. The quantitative estimate of drug-likeness (QED) is 0.224. The van der Waals surface area contributed by atoms with Gasteiger partial charge in [0.15, 0.2) is 0 Å². The maximum atomic E-state index is 12.6. The predicted octanol–water partition coefficient (Wildman–Crippen LogP) is 4.90. The lowest BCUT2D eigenvalue weighted by Gasteiger charge is -2.39. The van der Waals surface area contributed by atoms with Crippen LogP contribution in [0.5, 0.6) is 11.5 Å². The van der Waals surface area contributed by atoms with Crippen LogP contribution >= 0.6 is 11.6 Å². The van der Waals surface area contributed by atoms with Crippen molar-refractivity contribution in [3.8, 4) is 11.5 Å². The fourth-order valence-corrected chi connectivity index (χ4v) is 4.87. The highest BCUT2D eigenvalue weighted by Crippen LogP contribution is 2.31. The van der Waals surface area contributed by atoms with Crippen LogP contribution in [0.2, 0.25) is 5.02 Å². The second-order valence-corrected chi connectivity index (χ2v) is 10.8. The van der Waals surface area contributed by atoms with Crippen LogP contribution in [0.15, 0.2) is 72.8 Å². The van der Waals surface area contributed by atoms with E-state index in [9.17, 15) is 14.7 Å². The van der Waals surface area contributed by atoms with Gasteiger partial charge < -0.3 is 25.2 Å². The average molecular weight is 566 g/mol. The van der Waals surface area contributed by atoms with Crippen molar-refractivity contribution in [2.45, 2.75) is 44.9 Å². The second kappa shape index (κ2) is 13.8. The molecule has 0 radical (unpaired) electrons. The molecule has 3 aromatic carbocycles. The van der Waals surface area contributed by atoms with Gasteiger partial charge in [0.2, 0.25) is 5.91 Å². The van der Waals surface area contributed by atoms with Crippen molar-refractivity contribution in [2.24, 2.45) is 0 Å². The smallest absolute Gasteiger partial charge is 0.343 e. The third-order valence-corrected chi connectivity index (χ3v) is 6.94. The van der Waals surface area contributed by atoms with Gasteiger partial charge in [-0.1, -0.05) is 41.9 Å². The molecule has 3 aromatic rings. The number of amides is 1. The Kier molecular flexibility index (Phi) is 10.2. The molecule has 1 fully saturated rings. The van der Waals surface area contributed by atoms with E-state index in [1.54, 1.807) is 49.4 Å². The third kappa shape index (κ3) is 8.79. The number of ether oxygens (including phenoxy) is 2. The number of halogens is 1. The molecule has 0 aliphatic carbocycles. The molecule has 1 atom stereocenters. The van der Waals surface area contributed by atoms with Crippen LogP contribution in [0.3, 0.4) is 0 Å². The summed E-state index contributed by atoms with van der Waals surface area (Å²) in [5.74, 6) is -0.229. The largest absolute Gasteiger partial charge is 0.488 e. The number of anilines is 1. The van der Waals surface area contributed by atoms with Crippen LogP contribution in [0, 0.1) is 0 Å². The minimum atomic E-state index is -1.22. The number of esters is 1. The molecule has 9 heteroatoms. The normalized spacial score (nSPS) is 15.3. The van der Waals surface area contributed by atoms with E-state index in [1.807, 2.05) is 30.3 Å². The molecule has 1 aliphatic rings. The summed E-state index contributed by atoms with van der Waals surface area (Å²) in [6.07, 6.45) is 1.96. The summed E-state index contributed by atoms with van der Waals surface area (Å²) in [5.41, 5.74) is 0.721. The van der Waals surface area contributed by atoms with Gasteiger partial charge in [0.1, 0.15) is 23.7 Å². The SMILES string of the molecule is CC(=O)Nc1ccc(OC(=O)c2ccccc2)cc1OC[C@@](C)(O)CN(Cc1ccc(Cl)cc1)C1CCNCC1. The number of aliphatic hydroxyl groups is 1. The molecule has 1 aliphatic heterocycles. The Morgan fingerprint density at radius 1 is 1.07 bits per heavy atom. The number of nitrogens with one attached hydrogen (secondary N) is 2. The molecule has 0 saturated carbocycles. The van der Waals surface area contributed by atoms with E-state index < -0.39 is 11.6 Å². The molecule has 8 nitrogen and oxygen atoms in total. The Morgan fingerprint density at radius 2 is 1.77 bits per heavy atom. The van der Waals surface area contributed by atoms with Crippen molar-refractivity contribution >= 4 is 29.2 Å². The molecule has 212 valence electrons. The van der Waals surface area contributed by atoms with E-state index in [4.69, 9.17) is 21.1 Å². The van der Waals surface area contributed by atoms with Gasteiger partial charge in [-0.3, -0.25) is 9.69 Å². The first-order valence-electron chi connectivity index (χ1n) is 13.4. The molecule has 1 saturated heterocycles. The molecule has 1 amide bonds. The first-order chi connectivity index (χ1) is 19.2. The van der Waals surface area contributed by atoms with Crippen LogP contribution in [0.25, 0.3) is 0 Å². The lowest BCUT2D eigenvalue weighted by atomic mass is 10.00. The zero-order valence-corrected chi connectivity index (χ0v) is 23.6. The highest BCUT2D eigenvalue weighted by atomic mass is 35.5. The molecule has 40 heavy (non-hydrogen) atoms. The number of benzene rings is 3. The van der Waals surface area contributed by atoms with Crippen molar-refractivity contribution in [3.05, 3.63) is 88.9 Å². The van der Waals surface area contributed by atoms with Crippen LogP contribution in [-0.4, -0.2) is 59.8 Å². The average Bonchev–Trinajstić information content (AvgIpc) is 2.94. The maximum absolute atomic E-state index is 12.6. The minimum absolute atomic E-state index is 0.0439. The maximum Gasteiger partial charge on any atom is 0.343 e. The molecular weight excluding hydrogens is 530 g/mol. The van der Waals surface area contributed by atoms with E-state index >= 15 is 0 Å². The monoisotopic (exact) mass is 565 g/mol. The first kappa shape index (κ1) is 29.6. The number of carbonyl (C=O) groups is 2. The zero-order chi connectivity index (χ0) is 28.5. The van der Waals surface area contributed by atoms with Crippen LogP contribution < -0.4 is 20.1 Å². The Morgan fingerprint density at radius 3 is 2.45 bits per heavy atom. The summed E-state index contributed by atoms with van der Waals surface area (Å²) in [6.45, 7) is 5.98. The van der Waals surface area contributed by atoms with Crippen molar-refractivity contribution in [1.29, 1.82) is 0 Å². The van der Waals surface area contributed by atoms with Gasteiger partial charge in [0, 0.05) is 37.1 Å². The Balaban J connectivity index is 1.48. The second-order valence-electron chi connectivity index (χ2n) is 10.4. The number of hydrogen-bond acceptors (Lipinski definition) is 7. The molecule has 0 spiro atoms. The van der Waals surface area contributed by atoms with Gasteiger partial charge >= 0.3 is 5.97 Å². The van der Waals surface area contributed by atoms with Gasteiger partial charge in [-0.05, 0) is 74.8 Å². The van der Waals surface area contributed by atoms with Crippen LogP contribution in [-0.2, 0) is 11.3 Å². The van der Waals surface area contributed by atoms with Crippen molar-refractivity contribution in [2.75, 3.05) is 31.6 Å². The highest BCUT2D eigenvalue weighted by Gasteiger charge is 2.30. The van der Waals surface area contributed by atoms with E-state index in [-0.39, 0.29) is 18.3 Å². The molecule has 1 heterocycles. The van der Waals surface area contributed by atoms with E-state index in [1.165, 1.54) is 6.92 Å². The van der Waals surface area contributed by atoms with Gasteiger partial charge in [0.25, 0.3) is 0 Å². The Hall–Kier alpha value is -3.43. The van der Waals surface area contributed by atoms with E-state index in [0.29, 0.717) is 41.2 Å². The summed E-state index contributed by atoms with van der Waals surface area (Å²) >= 11 is 6.08. The predicted molar refractivity (Wildman–Crippen MR) is 156 cm³/mol.